The number of hydrogen-bond donors (Lipinski definition) is 1. The van der Waals surface area contributed by atoms with Gasteiger partial charge in [0.2, 0.25) is 5.91 Å². The fourth-order valence-electron chi connectivity index (χ4n) is 3.97. The van der Waals surface area contributed by atoms with Crippen molar-refractivity contribution in [3.63, 3.8) is 0 Å². The second-order valence-corrected chi connectivity index (χ2v) is 7.58. The second-order valence-electron chi connectivity index (χ2n) is 7.58. The minimum absolute atomic E-state index is 0.0834. The van der Waals surface area contributed by atoms with Crippen LogP contribution in [-0.4, -0.2) is 28.8 Å². The highest BCUT2D eigenvalue weighted by Gasteiger charge is 2.42. The van der Waals surface area contributed by atoms with Crippen LogP contribution in [0.4, 0.5) is 0 Å². The lowest BCUT2D eigenvalue weighted by atomic mass is 9.94. The third-order valence-corrected chi connectivity index (χ3v) is 5.50. The van der Waals surface area contributed by atoms with Crippen LogP contribution in [0.2, 0.25) is 0 Å². The molecule has 1 atom stereocenters. The molecule has 1 aromatic carbocycles. The van der Waals surface area contributed by atoms with Gasteiger partial charge >= 0.3 is 0 Å². The molecule has 2 aliphatic carbocycles. The summed E-state index contributed by atoms with van der Waals surface area (Å²) in [4.78, 5) is 28.2. The number of carbonyl (C=O) groups excluding carboxylic acids is 2. The van der Waals surface area contributed by atoms with E-state index in [1.807, 2.05) is 30.3 Å². The summed E-state index contributed by atoms with van der Waals surface area (Å²) in [5.74, 6) is -0.0108. The summed E-state index contributed by atoms with van der Waals surface area (Å²) in [7, 11) is 0. The smallest absolute Gasteiger partial charge is 0.290 e. The number of carbonyl (C=O) groups is 2. The highest BCUT2D eigenvalue weighted by molar-refractivity contribution is 5.96. The zero-order valence-electron chi connectivity index (χ0n) is 15.5. The van der Waals surface area contributed by atoms with E-state index in [0.29, 0.717) is 0 Å². The predicted molar refractivity (Wildman–Crippen MR) is 102 cm³/mol. The molecule has 2 amide bonds. The van der Waals surface area contributed by atoms with E-state index in [9.17, 15) is 9.59 Å². The number of amides is 2. The maximum atomic E-state index is 13.3. The molecule has 1 heterocycles. The van der Waals surface area contributed by atoms with Gasteiger partial charge in [-0.25, -0.2) is 0 Å². The number of rotatable bonds is 6. The molecule has 1 aromatic heterocycles. The topological polar surface area (TPSA) is 62.6 Å². The van der Waals surface area contributed by atoms with Gasteiger partial charge in [-0.1, -0.05) is 49.6 Å². The van der Waals surface area contributed by atoms with Crippen LogP contribution in [0.3, 0.4) is 0 Å². The Labute approximate surface area is 159 Å². The average molecular weight is 366 g/mol. The zero-order chi connectivity index (χ0) is 18.6. The van der Waals surface area contributed by atoms with Crippen LogP contribution in [0.1, 0.15) is 67.1 Å². The normalized spacial score (nSPS) is 18.7. The maximum Gasteiger partial charge on any atom is 0.290 e. The van der Waals surface area contributed by atoms with E-state index < -0.39 is 6.04 Å². The van der Waals surface area contributed by atoms with E-state index in [0.717, 1.165) is 44.1 Å². The summed E-state index contributed by atoms with van der Waals surface area (Å²) >= 11 is 0. The van der Waals surface area contributed by atoms with Crippen molar-refractivity contribution in [1.29, 1.82) is 0 Å². The van der Waals surface area contributed by atoms with E-state index in [-0.39, 0.29) is 29.7 Å². The van der Waals surface area contributed by atoms with Crippen molar-refractivity contribution < 1.29 is 14.0 Å². The van der Waals surface area contributed by atoms with Crippen LogP contribution in [0.25, 0.3) is 0 Å². The molecular formula is C22H26N2O3. The molecule has 1 N–H and O–H groups in total. The standard InChI is InChI=1S/C22H26N2O3/c25-21(23-17-10-5-2-6-11-17)20(16-8-3-1-4-9-16)24(18-13-14-18)22(26)19-12-7-15-27-19/h1,3-4,7-9,12,15,17-18,20H,2,5-6,10-11,13-14H2,(H,23,25). The molecule has 2 saturated carbocycles. The molecule has 0 saturated heterocycles. The number of nitrogens with one attached hydrogen (secondary N) is 1. The fourth-order valence-corrected chi connectivity index (χ4v) is 3.97. The van der Waals surface area contributed by atoms with Crippen LogP contribution >= 0.6 is 0 Å². The number of hydrogen-bond acceptors (Lipinski definition) is 3. The molecule has 27 heavy (non-hydrogen) atoms. The van der Waals surface area contributed by atoms with Crippen LogP contribution in [-0.2, 0) is 4.79 Å². The molecule has 142 valence electrons. The van der Waals surface area contributed by atoms with Crippen LogP contribution in [0.5, 0.6) is 0 Å². The second kappa shape index (κ2) is 7.99. The van der Waals surface area contributed by atoms with Gasteiger partial charge in [-0.3, -0.25) is 9.59 Å². The summed E-state index contributed by atoms with van der Waals surface area (Å²) in [6.45, 7) is 0. The van der Waals surface area contributed by atoms with Gasteiger partial charge in [-0.05, 0) is 43.4 Å². The third-order valence-electron chi connectivity index (χ3n) is 5.50. The van der Waals surface area contributed by atoms with Crippen molar-refractivity contribution in [1.82, 2.24) is 10.2 Å². The fraction of sp³-hybridized carbons (Fsp3) is 0.455. The Kier molecular flexibility index (Phi) is 5.28. The minimum atomic E-state index is -0.627. The molecule has 2 aliphatic rings. The monoisotopic (exact) mass is 366 g/mol. The average Bonchev–Trinajstić information content (AvgIpc) is 3.38. The highest BCUT2D eigenvalue weighted by atomic mass is 16.3. The number of furan rings is 1. The number of benzene rings is 1. The van der Waals surface area contributed by atoms with E-state index in [1.165, 1.54) is 12.7 Å². The van der Waals surface area contributed by atoms with Crippen LogP contribution in [0, 0.1) is 0 Å². The summed E-state index contributed by atoms with van der Waals surface area (Å²) < 4.78 is 5.35. The van der Waals surface area contributed by atoms with Gasteiger partial charge < -0.3 is 14.6 Å². The predicted octanol–water partition coefficient (Wildman–Crippen LogP) is 4.07. The number of nitrogens with zero attached hydrogens (tertiary/aromatic N) is 1. The van der Waals surface area contributed by atoms with Crippen LogP contribution in [0.15, 0.2) is 53.1 Å². The Morgan fingerprint density at radius 2 is 1.70 bits per heavy atom. The molecule has 5 nitrogen and oxygen atoms in total. The molecular weight excluding hydrogens is 340 g/mol. The van der Waals surface area contributed by atoms with Crippen molar-refractivity contribution in [2.45, 2.75) is 63.1 Å². The molecule has 2 fully saturated rings. The lowest BCUT2D eigenvalue weighted by molar-refractivity contribution is -0.127. The highest BCUT2D eigenvalue weighted by Crippen LogP contribution is 2.36. The SMILES string of the molecule is O=C(NC1CCCCC1)C(c1ccccc1)N(C(=O)c1ccco1)C1CC1. The summed E-state index contributed by atoms with van der Waals surface area (Å²) in [5, 5.41) is 3.22. The van der Waals surface area contributed by atoms with Gasteiger partial charge in [0.25, 0.3) is 5.91 Å². The van der Waals surface area contributed by atoms with Gasteiger partial charge in [0, 0.05) is 12.1 Å². The Morgan fingerprint density at radius 1 is 0.963 bits per heavy atom. The Morgan fingerprint density at radius 3 is 2.33 bits per heavy atom. The molecule has 0 radical (unpaired) electrons. The first-order valence-electron chi connectivity index (χ1n) is 9.95. The molecule has 5 heteroatoms. The van der Waals surface area contributed by atoms with E-state index in [2.05, 4.69) is 5.32 Å². The lowest BCUT2D eigenvalue weighted by Gasteiger charge is -2.33. The van der Waals surface area contributed by atoms with Gasteiger partial charge in [0.05, 0.1) is 6.26 Å². The largest absolute Gasteiger partial charge is 0.459 e. The Bertz CT molecular complexity index is 762. The quantitative estimate of drug-likeness (QED) is 0.838. The van der Waals surface area contributed by atoms with Crippen molar-refractivity contribution in [3.05, 3.63) is 60.1 Å². The third kappa shape index (κ3) is 4.07. The van der Waals surface area contributed by atoms with Crippen molar-refractivity contribution in [2.75, 3.05) is 0 Å². The van der Waals surface area contributed by atoms with Gasteiger partial charge in [0.15, 0.2) is 5.76 Å². The molecule has 2 aromatic rings. The minimum Gasteiger partial charge on any atom is -0.459 e. The summed E-state index contributed by atoms with van der Waals surface area (Å²) in [6.07, 6.45) is 8.92. The molecule has 1 unspecified atom stereocenters. The summed E-state index contributed by atoms with van der Waals surface area (Å²) in [6, 6.07) is 12.6. The molecule has 0 spiro atoms. The van der Waals surface area contributed by atoms with Crippen LogP contribution < -0.4 is 5.32 Å². The first kappa shape index (κ1) is 17.8. The molecule has 0 bridgehead atoms. The van der Waals surface area contributed by atoms with Crippen molar-refractivity contribution in [2.24, 2.45) is 0 Å². The molecule has 0 aliphatic heterocycles. The van der Waals surface area contributed by atoms with Gasteiger partial charge in [0.1, 0.15) is 6.04 Å². The van der Waals surface area contributed by atoms with E-state index in [4.69, 9.17) is 4.42 Å². The zero-order valence-corrected chi connectivity index (χ0v) is 15.5. The van der Waals surface area contributed by atoms with Crippen molar-refractivity contribution >= 4 is 11.8 Å². The molecule has 4 rings (SSSR count). The Hall–Kier alpha value is -2.56. The Balaban J connectivity index is 1.63. The maximum absolute atomic E-state index is 13.3. The van der Waals surface area contributed by atoms with Crippen molar-refractivity contribution in [3.8, 4) is 0 Å². The summed E-state index contributed by atoms with van der Waals surface area (Å²) in [5.41, 5.74) is 0.845. The lowest BCUT2D eigenvalue weighted by Crippen LogP contribution is -2.47. The van der Waals surface area contributed by atoms with Gasteiger partial charge in [-0.15, -0.1) is 0 Å². The first-order chi connectivity index (χ1) is 13.2. The van der Waals surface area contributed by atoms with E-state index >= 15 is 0 Å². The van der Waals surface area contributed by atoms with Gasteiger partial charge in [-0.2, -0.15) is 0 Å². The first-order valence-corrected chi connectivity index (χ1v) is 9.95. The van der Waals surface area contributed by atoms with E-state index in [1.54, 1.807) is 17.0 Å².